The van der Waals surface area contributed by atoms with Crippen LogP contribution < -0.4 is 23.5 Å². The fourth-order valence-electron chi connectivity index (χ4n) is 2.96. The standard InChI is InChI=1S/C18H16NO4S2.CH3Br/c1-19-4-2-11(3-5-19)16-14-15(23-9-8-22-14)18(25-16)17-13-12(10-24-17)20-6-7-21-13;1-2/h2-5,10H,6-9H2,1H3;1H3/q+1;. The highest BCUT2D eigenvalue weighted by Gasteiger charge is 2.30. The largest absolute Gasteiger partial charge is 0.485 e. The zero-order valence-corrected chi connectivity index (χ0v) is 18.2. The minimum Gasteiger partial charge on any atom is -0.485 e. The van der Waals surface area contributed by atoms with Gasteiger partial charge in [-0.25, -0.2) is 4.57 Å². The predicted molar refractivity (Wildman–Crippen MR) is 111 cm³/mol. The zero-order chi connectivity index (χ0) is 18.8. The summed E-state index contributed by atoms with van der Waals surface area (Å²) in [6.45, 7) is 2.30. The monoisotopic (exact) mass is 468 g/mol. The van der Waals surface area contributed by atoms with E-state index in [1.54, 1.807) is 22.7 Å². The summed E-state index contributed by atoms with van der Waals surface area (Å²) in [5, 5.41) is 2.00. The normalized spacial score (nSPS) is 14.3. The highest BCUT2D eigenvalue weighted by Crippen LogP contribution is 2.58. The lowest BCUT2D eigenvalue weighted by molar-refractivity contribution is -0.671. The SMILES string of the molecule is CBr.C[n+]1ccc(-c2sc(-c3scc4c3OCCO4)c3c2OCCO3)cc1. The molecule has 142 valence electrons. The lowest BCUT2D eigenvalue weighted by atomic mass is 10.2. The number of pyridine rings is 1. The molecule has 2 aliphatic rings. The number of aryl methyl sites for hydroxylation is 1. The van der Waals surface area contributed by atoms with E-state index in [2.05, 4.69) is 28.1 Å². The number of nitrogens with zero attached hydrogens (tertiary/aromatic N) is 1. The minimum absolute atomic E-state index is 0.560. The summed E-state index contributed by atoms with van der Waals surface area (Å²) < 4.78 is 25.5. The Morgan fingerprint density at radius 3 is 2.11 bits per heavy atom. The Morgan fingerprint density at radius 1 is 0.815 bits per heavy atom. The molecule has 0 amide bonds. The van der Waals surface area contributed by atoms with E-state index in [1.807, 2.05) is 35.2 Å². The Balaban J connectivity index is 0.000000872. The first-order chi connectivity index (χ1) is 13.3. The lowest BCUT2D eigenvalue weighted by Gasteiger charge is -2.18. The van der Waals surface area contributed by atoms with Crippen molar-refractivity contribution in [2.24, 2.45) is 7.05 Å². The molecule has 0 saturated carbocycles. The third-order valence-corrected chi connectivity index (χ3v) is 6.45. The Kier molecular flexibility index (Phi) is 5.56. The van der Waals surface area contributed by atoms with Crippen molar-refractivity contribution >= 4 is 38.6 Å². The molecule has 0 spiro atoms. The van der Waals surface area contributed by atoms with Gasteiger partial charge in [0, 0.05) is 23.1 Å². The van der Waals surface area contributed by atoms with Crippen molar-refractivity contribution < 1.29 is 23.5 Å². The van der Waals surface area contributed by atoms with E-state index in [4.69, 9.17) is 18.9 Å². The summed E-state index contributed by atoms with van der Waals surface area (Å²) in [4.78, 5) is 3.19. The van der Waals surface area contributed by atoms with E-state index in [0.29, 0.717) is 26.4 Å². The lowest BCUT2D eigenvalue weighted by Crippen LogP contribution is -2.25. The topological polar surface area (TPSA) is 40.8 Å². The van der Waals surface area contributed by atoms with E-state index in [9.17, 15) is 0 Å². The summed E-state index contributed by atoms with van der Waals surface area (Å²) in [5.74, 6) is 5.10. The quantitative estimate of drug-likeness (QED) is 0.409. The van der Waals surface area contributed by atoms with Crippen LogP contribution in [0.5, 0.6) is 23.0 Å². The fourth-order valence-corrected chi connectivity index (χ4v) is 5.23. The molecule has 0 N–H and O–H groups in total. The molecular weight excluding hydrogens is 450 g/mol. The number of hydrogen-bond donors (Lipinski definition) is 0. The van der Waals surface area contributed by atoms with Gasteiger partial charge in [-0.2, -0.15) is 0 Å². The van der Waals surface area contributed by atoms with Crippen LogP contribution in [0.25, 0.3) is 20.2 Å². The molecule has 0 radical (unpaired) electrons. The number of fused-ring (bicyclic) bond motifs is 2. The molecule has 8 heteroatoms. The average molecular weight is 469 g/mol. The van der Waals surface area contributed by atoms with Crippen molar-refractivity contribution in [3.63, 3.8) is 0 Å². The molecule has 0 aliphatic carbocycles. The van der Waals surface area contributed by atoms with Crippen LogP contribution in [0, 0.1) is 0 Å². The number of halogens is 1. The van der Waals surface area contributed by atoms with Crippen molar-refractivity contribution in [2.45, 2.75) is 0 Å². The van der Waals surface area contributed by atoms with Crippen molar-refractivity contribution in [3.8, 4) is 43.2 Å². The summed E-state index contributed by atoms with van der Waals surface area (Å²) >= 11 is 6.24. The van der Waals surface area contributed by atoms with E-state index < -0.39 is 0 Å². The summed E-state index contributed by atoms with van der Waals surface area (Å²) in [6.07, 6.45) is 4.07. The number of rotatable bonds is 2. The van der Waals surface area contributed by atoms with Crippen molar-refractivity contribution in [3.05, 3.63) is 29.9 Å². The molecule has 0 aromatic carbocycles. The molecule has 0 saturated heterocycles. The molecule has 27 heavy (non-hydrogen) atoms. The van der Waals surface area contributed by atoms with Gasteiger partial charge < -0.3 is 18.9 Å². The van der Waals surface area contributed by atoms with Gasteiger partial charge in [-0.05, 0) is 5.83 Å². The van der Waals surface area contributed by atoms with Gasteiger partial charge >= 0.3 is 0 Å². The summed E-state index contributed by atoms with van der Waals surface area (Å²) in [5.41, 5.74) is 1.12. The fraction of sp³-hybridized carbons (Fsp3) is 0.316. The third kappa shape index (κ3) is 3.41. The molecule has 5 heterocycles. The predicted octanol–water partition coefficient (Wildman–Crippen LogP) is 4.52. The third-order valence-electron chi connectivity index (χ3n) is 4.15. The highest BCUT2D eigenvalue weighted by atomic mass is 79.9. The number of thiophene rings is 2. The van der Waals surface area contributed by atoms with E-state index in [0.717, 1.165) is 43.2 Å². The number of ether oxygens (including phenoxy) is 4. The van der Waals surface area contributed by atoms with Crippen molar-refractivity contribution in [1.29, 1.82) is 0 Å². The minimum atomic E-state index is 0.560. The first-order valence-corrected chi connectivity index (χ1v) is 11.7. The molecule has 5 nitrogen and oxygen atoms in total. The number of hydrogen-bond acceptors (Lipinski definition) is 6. The van der Waals surface area contributed by atoms with Gasteiger partial charge in [0.15, 0.2) is 35.4 Å². The van der Waals surface area contributed by atoms with Crippen LogP contribution in [0.15, 0.2) is 29.9 Å². The molecule has 0 atom stereocenters. The van der Waals surface area contributed by atoms with Crippen LogP contribution in [-0.2, 0) is 7.05 Å². The number of alkyl halides is 1. The van der Waals surface area contributed by atoms with E-state index in [1.165, 1.54) is 0 Å². The van der Waals surface area contributed by atoms with E-state index in [-0.39, 0.29) is 0 Å². The Labute approximate surface area is 174 Å². The van der Waals surface area contributed by atoms with Gasteiger partial charge in [-0.1, -0.05) is 15.9 Å². The molecule has 0 bridgehead atoms. The first kappa shape index (κ1) is 18.6. The van der Waals surface area contributed by atoms with Gasteiger partial charge in [-0.15, -0.1) is 22.7 Å². The van der Waals surface area contributed by atoms with Gasteiger partial charge in [-0.3, -0.25) is 0 Å². The second-order valence-electron chi connectivity index (χ2n) is 5.82. The molecule has 3 aromatic heterocycles. The maximum absolute atomic E-state index is 5.99. The van der Waals surface area contributed by atoms with Crippen LogP contribution in [0.4, 0.5) is 0 Å². The summed E-state index contributed by atoms with van der Waals surface area (Å²) in [6, 6.07) is 4.19. The van der Waals surface area contributed by atoms with Crippen LogP contribution >= 0.6 is 38.6 Å². The van der Waals surface area contributed by atoms with Crippen LogP contribution in [-0.4, -0.2) is 32.3 Å². The molecule has 3 aromatic rings. The smallest absolute Gasteiger partial charge is 0.181 e. The molecular formula is C19H19BrNO4S2+. The van der Waals surface area contributed by atoms with Crippen molar-refractivity contribution in [1.82, 2.24) is 0 Å². The summed E-state index contributed by atoms with van der Waals surface area (Å²) in [7, 11) is 2.01. The van der Waals surface area contributed by atoms with Crippen LogP contribution in [0.1, 0.15) is 0 Å². The first-order valence-electron chi connectivity index (χ1n) is 8.44. The van der Waals surface area contributed by atoms with Gasteiger partial charge in [0.2, 0.25) is 0 Å². The highest BCUT2D eigenvalue weighted by molar-refractivity contribution is 9.08. The van der Waals surface area contributed by atoms with Gasteiger partial charge in [0.05, 0.1) is 14.6 Å². The van der Waals surface area contributed by atoms with Crippen LogP contribution in [0.3, 0.4) is 0 Å². The van der Waals surface area contributed by atoms with Crippen molar-refractivity contribution in [2.75, 3.05) is 32.3 Å². The Hall–Kier alpha value is -1.77. The van der Waals surface area contributed by atoms with E-state index >= 15 is 0 Å². The average Bonchev–Trinajstić information content (AvgIpc) is 3.32. The maximum atomic E-state index is 5.99. The molecule has 2 aliphatic heterocycles. The maximum Gasteiger partial charge on any atom is 0.181 e. The second-order valence-corrected chi connectivity index (χ2v) is 7.72. The van der Waals surface area contributed by atoms with Gasteiger partial charge in [0.1, 0.15) is 33.5 Å². The number of aromatic nitrogens is 1. The second kappa shape index (κ2) is 8.08. The molecule has 0 fully saturated rings. The molecule has 0 unspecified atom stereocenters. The molecule has 5 rings (SSSR count). The Morgan fingerprint density at radius 2 is 1.41 bits per heavy atom. The van der Waals surface area contributed by atoms with Gasteiger partial charge in [0.25, 0.3) is 0 Å². The van der Waals surface area contributed by atoms with Crippen LogP contribution in [0.2, 0.25) is 0 Å². The Bertz CT molecular complexity index is 936. The zero-order valence-electron chi connectivity index (χ0n) is 15.0.